The molecular formula is C21H24BrF3N2O3S. The van der Waals surface area contributed by atoms with Gasteiger partial charge in [-0.2, -0.15) is 13.2 Å². The van der Waals surface area contributed by atoms with Gasteiger partial charge in [-0.1, -0.05) is 18.2 Å². The zero-order valence-electron chi connectivity index (χ0n) is 17.5. The van der Waals surface area contributed by atoms with Crippen molar-refractivity contribution in [2.75, 3.05) is 6.54 Å². The van der Waals surface area contributed by atoms with E-state index in [1.807, 2.05) is 6.92 Å². The second kappa shape index (κ2) is 10.0. The molecule has 31 heavy (non-hydrogen) atoms. The quantitative estimate of drug-likeness (QED) is 0.513. The number of alkyl halides is 3. The van der Waals surface area contributed by atoms with Crippen LogP contribution in [0, 0.1) is 6.92 Å². The van der Waals surface area contributed by atoms with Crippen LogP contribution in [-0.4, -0.2) is 30.2 Å². The molecular weight excluding hydrogens is 497 g/mol. The number of rotatable bonds is 6. The van der Waals surface area contributed by atoms with E-state index < -0.39 is 35.4 Å². The fourth-order valence-corrected chi connectivity index (χ4v) is 4.20. The SMILES string of the molecule is Cc1sc(C(=O)N[C@H](CNC(=O)OC(C)(C)C)Cc2ccccc2C(F)(F)F)cc1Br. The van der Waals surface area contributed by atoms with E-state index in [-0.39, 0.29) is 18.5 Å². The van der Waals surface area contributed by atoms with E-state index in [2.05, 4.69) is 26.6 Å². The lowest BCUT2D eigenvalue weighted by molar-refractivity contribution is -0.138. The van der Waals surface area contributed by atoms with Crippen molar-refractivity contribution < 1.29 is 27.5 Å². The number of thiophene rings is 1. The Labute approximate surface area is 191 Å². The number of hydrogen-bond acceptors (Lipinski definition) is 4. The lowest BCUT2D eigenvalue weighted by Gasteiger charge is -2.23. The molecule has 0 aliphatic carbocycles. The van der Waals surface area contributed by atoms with E-state index in [1.165, 1.54) is 29.5 Å². The molecule has 0 saturated carbocycles. The predicted molar refractivity (Wildman–Crippen MR) is 117 cm³/mol. The largest absolute Gasteiger partial charge is 0.444 e. The number of ether oxygens (including phenoxy) is 1. The van der Waals surface area contributed by atoms with Crippen LogP contribution in [0.3, 0.4) is 0 Å². The first-order valence-corrected chi connectivity index (χ1v) is 11.1. The molecule has 10 heteroatoms. The van der Waals surface area contributed by atoms with Gasteiger partial charge in [-0.3, -0.25) is 4.79 Å². The fourth-order valence-electron chi connectivity index (χ4n) is 2.76. The molecule has 0 fully saturated rings. The van der Waals surface area contributed by atoms with Crippen LogP contribution >= 0.6 is 27.3 Å². The summed E-state index contributed by atoms with van der Waals surface area (Å²) in [6, 6.07) is 6.04. The molecule has 5 nitrogen and oxygen atoms in total. The third kappa shape index (κ3) is 7.84. The van der Waals surface area contributed by atoms with Crippen molar-refractivity contribution in [2.24, 2.45) is 0 Å². The molecule has 1 heterocycles. The van der Waals surface area contributed by atoms with Crippen molar-refractivity contribution >= 4 is 39.3 Å². The van der Waals surface area contributed by atoms with E-state index in [9.17, 15) is 22.8 Å². The Morgan fingerprint density at radius 1 is 1.19 bits per heavy atom. The molecule has 1 aromatic heterocycles. The number of amides is 2. The van der Waals surface area contributed by atoms with Crippen LogP contribution in [0.4, 0.5) is 18.0 Å². The molecule has 0 aliphatic heterocycles. The Balaban J connectivity index is 2.21. The van der Waals surface area contributed by atoms with E-state index in [4.69, 9.17) is 4.74 Å². The van der Waals surface area contributed by atoms with Gasteiger partial charge in [0.2, 0.25) is 0 Å². The first-order valence-electron chi connectivity index (χ1n) is 9.45. The van der Waals surface area contributed by atoms with Gasteiger partial charge >= 0.3 is 12.3 Å². The molecule has 2 aromatic rings. The number of halogens is 4. The van der Waals surface area contributed by atoms with Gasteiger partial charge in [0.1, 0.15) is 5.60 Å². The zero-order valence-corrected chi connectivity index (χ0v) is 19.9. The van der Waals surface area contributed by atoms with Crippen LogP contribution < -0.4 is 10.6 Å². The van der Waals surface area contributed by atoms with Crippen LogP contribution in [0.15, 0.2) is 34.8 Å². The minimum absolute atomic E-state index is 0.0230. The maximum Gasteiger partial charge on any atom is 0.416 e. The minimum atomic E-state index is -4.53. The van der Waals surface area contributed by atoms with E-state index >= 15 is 0 Å². The topological polar surface area (TPSA) is 67.4 Å². The summed E-state index contributed by atoms with van der Waals surface area (Å²) in [5.74, 6) is -0.431. The monoisotopic (exact) mass is 520 g/mol. The Morgan fingerprint density at radius 3 is 2.39 bits per heavy atom. The van der Waals surface area contributed by atoms with Crippen molar-refractivity contribution in [3.63, 3.8) is 0 Å². The van der Waals surface area contributed by atoms with Gasteiger partial charge in [-0.25, -0.2) is 4.79 Å². The number of hydrogen-bond donors (Lipinski definition) is 2. The summed E-state index contributed by atoms with van der Waals surface area (Å²) in [5.41, 5.74) is -1.48. The van der Waals surface area contributed by atoms with Crippen molar-refractivity contribution in [1.29, 1.82) is 0 Å². The molecule has 0 saturated heterocycles. The molecule has 1 atom stereocenters. The summed E-state index contributed by atoms with van der Waals surface area (Å²) < 4.78 is 46.1. The lowest BCUT2D eigenvalue weighted by atomic mass is 9.99. The molecule has 2 N–H and O–H groups in total. The smallest absolute Gasteiger partial charge is 0.416 e. The van der Waals surface area contributed by atoms with Gasteiger partial charge in [0.25, 0.3) is 5.91 Å². The number of carbonyl (C=O) groups excluding carboxylic acids is 2. The molecule has 0 bridgehead atoms. The van der Waals surface area contributed by atoms with Crippen molar-refractivity contribution in [3.8, 4) is 0 Å². The highest BCUT2D eigenvalue weighted by atomic mass is 79.9. The summed E-state index contributed by atoms with van der Waals surface area (Å²) >= 11 is 4.60. The molecule has 0 spiro atoms. The third-order valence-corrected chi connectivity index (χ3v) is 6.23. The number of nitrogens with one attached hydrogen (secondary N) is 2. The van der Waals surface area contributed by atoms with Gasteiger partial charge in [0.05, 0.1) is 16.5 Å². The standard InChI is InChI=1S/C21H24BrF3N2O3S/c1-12-16(22)10-17(31-12)18(28)27-14(11-26-19(29)30-20(2,3)4)9-13-7-5-6-8-15(13)21(23,24)25/h5-8,10,14H,9,11H2,1-4H3,(H,26,29)(H,27,28)/t14-/m0/s1. The van der Waals surface area contributed by atoms with Gasteiger partial charge in [0, 0.05) is 15.9 Å². The van der Waals surface area contributed by atoms with Gasteiger partial charge in [0.15, 0.2) is 0 Å². The molecule has 0 radical (unpaired) electrons. The number of aryl methyl sites for hydroxylation is 1. The second-order valence-corrected chi connectivity index (χ2v) is 10.0. The van der Waals surface area contributed by atoms with Crippen LogP contribution in [0.2, 0.25) is 0 Å². The van der Waals surface area contributed by atoms with Crippen LogP contribution in [0.25, 0.3) is 0 Å². The second-order valence-electron chi connectivity index (χ2n) is 7.93. The fraction of sp³-hybridized carbons (Fsp3) is 0.429. The molecule has 170 valence electrons. The highest BCUT2D eigenvalue weighted by molar-refractivity contribution is 9.10. The lowest BCUT2D eigenvalue weighted by Crippen LogP contribution is -2.46. The highest BCUT2D eigenvalue weighted by Gasteiger charge is 2.33. The summed E-state index contributed by atoms with van der Waals surface area (Å²) in [6.45, 7) is 6.83. The maximum absolute atomic E-state index is 13.4. The van der Waals surface area contributed by atoms with Gasteiger partial charge in [-0.05, 0) is 67.7 Å². The van der Waals surface area contributed by atoms with Gasteiger partial charge in [-0.15, -0.1) is 11.3 Å². The van der Waals surface area contributed by atoms with E-state index in [0.717, 1.165) is 15.4 Å². The van der Waals surface area contributed by atoms with E-state index in [1.54, 1.807) is 26.8 Å². The first kappa shape index (κ1) is 25.2. The van der Waals surface area contributed by atoms with Gasteiger partial charge < -0.3 is 15.4 Å². The van der Waals surface area contributed by atoms with Crippen LogP contribution in [0.1, 0.15) is 46.4 Å². The highest BCUT2D eigenvalue weighted by Crippen LogP contribution is 2.32. The normalized spacial score (nSPS) is 12.9. The molecule has 0 aliphatic rings. The zero-order chi connectivity index (χ0) is 23.4. The van der Waals surface area contributed by atoms with E-state index in [0.29, 0.717) is 4.88 Å². The first-order chi connectivity index (χ1) is 14.3. The van der Waals surface area contributed by atoms with Crippen molar-refractivity contribution in [1.82, 2.24) is 10.6 Å². The Kier molecular flexibility index (Phi) is 8.15. The Morgan fingerprint density at radius 2 is 1.84 bits per heavy atom. The van der Waals surface area contributed by atoms with Crippen LogP contribution in [-0.2, 0) is 17.3 Å². The van der Waals surface area contributed by atoms with Crippen LogP contribution in [0.5, 0.6) is 0 Å². The molecule has 0 unspecified atom stereocenters. The maximum atomic E-state index is 13.4. The number of benzene rings is 1. The summed E-state index contributed by atoms with van der Waals surface area (Å²) in [5, 5.41) is 5.26. The molecule has 1 aromatic carbocycles. The average Bonchev–Trinajstić information content (AvgIpc) is 2.97. The number of carbonyl (C=O) groups is 2. The number of alkyl carbamates (subject to hydrolysis) is 1. The predicted octanol–water partition coefficient (Wildman–Crippen LogP) is 5.70. The molecule has 2 amide bonds. The summed E-state index contributed by atoms with van der Waals surface area (Å²) in [4.78, 5) is 26.0. The Bertz CT molecular complexity index is 919. The molecule has 2 rings (SSSR count). The average molecular weight is 521 g/mol. The summed E-state index contributed by atoms with van der Waals surface area (Å²) in [6.07, 6.45) is -5.37. The minimum Gasteiger partial charge on any atom is -0.444 e. The summed E-state index contributed by atoms with van der Waals surface area (Å²) in [7, 11) is 0. The van der Waals surface area contributed by atoms with Crippen molar-refractivity contribution in [3.05, 3.63) is 55.7 Å². The van der Waals surface area contributed by atoms with Crippen molar-refractivity contribution in [2.45, 2.75) is 51.9 Å². The third-order valence-electron chi connectivity index (χ3n) is 4.10. The Hall–Kier alpha value is -2.07.